The number of piperidine rings is 1. The highest BCUT2D eigenvalue weighted by atomic mass is 19.4. The Morgan fingerprint density at radius 3 is 2.13 bits per heavy atom. The van der Waals surface area contributed by atoms with Crippen LogP contribution in [0.1, 0.15) is 20.3 Å². The van der Waals surface area contributed by atoms with E-state index in [0.29, 0.717) is 24.9 Å². The van der Waals surface area contributed by atoms with Gasteiger partial charge in [0.25, 0.3) is 0 Å². The maximum absolute atomic E-state index is 12.1. The molecule has 1 saturated heterocycles. The van der Waals surface area contributed by atoms with Gasteiger partial charge in [0, 0.05) is 19.6 Å². The van der Waals surface area contributed by atoms with Crippen LogP contribution >= 0.6 is 0 Å². The Morgan fingerprint density at radius 2 is 1.73 bits per heavy atom. The van der Waals surface area contributed by atoms with E-state index in [1.165, 1.54) is 0 Å². The number of rotatable bonds is 2. The number of β-amino-alcohol motifs (C(OH)–C–C–N with tert-alkyl or cyclic N) is 1. The van der Waals surface area contributed by atoms with Crippen LogP contribution in [0.3, 0.4) is 0 Å². The average molecular weight is 225 g/mol. The molecule has 0 aromatic carbocycles. The van der Waals surface area contributed by atoms with Crippen LogP contribution in [0.5, 0.6) is 0 Å². The first-order valence-corrected chi connectivity index (χ1v) is 5.26. The molecule has 0 aromatic heterocycles. The minimum absolute atomic E-state index is 0.293. The summed E-state index contributed by atoms with van der Waals surface area (Å²) in [5, 5.41) is 8.94. The van der Waals surface area contributed by atoms with Crippen molar-refractivity contribution in [3.8, 4) is 0 Å². The number of aliphatic hydroxyl groups is 1. The summed E-state index contributed by atoms with van der Waals surface area (Å²) in [5.74, 6) is 0.823. The van der Waals surface area contributed by atoms with Crippen LogP contribution < -0.4 is 0 Å². The predicted molar refractivity (Wildman–Crippen MR) is 51.4 cm³/mol. The molecule has 0 radical (unpaired) electrons. The topological polar surface area (TPSA) is 23.5 Å². The summed E-state index contributed by atoms with van der Waals surface area (Å²) in [5.41, 5.74) is 0. The molecule has 90 valence electrons. The highest BCUT2D eigenvalue weighted by Gasteiger charge is 2.39. The van der Waals surface area contributed by atoms with Gasteiger partial charge in [-0.05, 0) is 18.3 Å². The van der Waals surface area contributed by atoms with Crippen LogP contribution in [-0.2, 0) is 0 Å². The van der Waals surface area contributed by atoms with E-state index in [4.69, 9.17) is 5.11 Å². The number of aliphatic hydroxyl groups excluding tert-OH is 1. The summed E-state index contributed by atoms with van der Waals surface area (Å²) < 4.78 is 36.4. The maximum Gasteiger partial charge on any atom is 0.415 e. The third-order valence-electron chi connectivity index (χ3n) is 2.75. The quantitative estimate of drug-likeness (QED) is 0.775. The van der Waals surface area contributed by atoms with E-state index in [0.717, 1.165) is 6.42 Å². The van der Waals surface area contributed by atoms with Gasteiger partial charge in [0.1, 0.15) is 0 Å². The van der Waals surface area contributed by atoms with Crippen molar-refractivity contribution < 1.29 is 18.3 Å². The second-order valence-electron chi connectivity index (χ2n) is 4.72. The van der Waals surface area contributed by atoms with Crippen molar-refractivity contribution in [2.75, 3.05) is 19.6 Å². The molecule has 3 unspecified atom stereocenters. The zero-order valence-corrected chi connectivity index (χ0v) is 9.09. The Hall–Kier alpha value is -0.290. The second-order valence-corrected chi connectivity index (χ2v) is 4.72. The standard InChI is InChI=1S/C10H18F3NO/c1-7-3-8(2)5-14(4-7)6-9(15)10(11,12)13/h7-9,15H,3-6H2,1-2H3. The lowest BCUT2D eigenvalue weighted by Crippen LogP contribution is -2.46. The van der Waals surface area contributed by atoms with Crippen molar-refractivity contribution in [1.29, 1.82) is 0 Å². The molecule has 15 heavy (non-hydrogen) atoms. The molecule has 1 fully saturated rings. The number of hydrogen-bond donors (Lipinski definition) is 1. The van der Waals surface area contributed by atoms with E-state index in [2.05, 4.69) is 0 Å². The highest BCUT2D eigenvalue weighted by molar-refractivity contribution is 4.78. The third kappa shape index (κ3) is 3.99. The molecule has 1 aliphatic heterocycles. The van der Waals surface area contributed by atoms with Gasteiger partial charge in [0.15, 0.2) is 6.10 Å². The van der Waals surface area contributed by atoms with Crippen LogP contribution in [0.15, 0.2) is 0 Å². The van der Waals surface area contributed by atoms with E-state index >= 15 is 0 Å². The first kappa shape index (κ1) is 12.8. The van der Waals surface area contributed by atoms with Crippen molar-refractivity contribution in [1.82, 2.24) is 4.90 Å². The second kappa shape index (κ2) is 4.70. The van der Waals surface area contributed by atoms with Gasteiger partial charge in [-0.3, -0.25) is 4.90 Å². The van der Waals surface area contributed by atoms with Gasteiger partial charge in [-0.2, -0.15) is 13.2 Å². The number of likely N-dealkylation sites (tertiary alicyclic amines) is 1. The summed E-state index contributed by atoms with van der Waals surface area (Å²) in [7, 11) is 0. The Morgan fingerprint density at radius 1 is 1.27 bits per heavy atom. The molecule has 0 bridgehead atoms. The van der Waals surface area contributed by atoms with Crippen LogP contribution in [0, 0.1) is 11.8 Å². The van der Waals surface area contributed by atoms with Crippen molar-refractivity contribution in [3.63, 3.8) is 0 Å². The summed E-state index contributed by atoms with van der Waals surface area (Å²) in [6.45, 7) is 5.07. The van der Waals surface area contributed by atoms with Gasteiger partial charge in [-0.1, -0.05) is 13.8 Å². The summed E-state index contributed by atoms with van der Waals surface area (Å²) >= 11 is 0. The first-order chi connectivity index (χ1) is 6.79. The molecule has 0 amide bonds. The molecule has 3 atom stereocenters. The zero-order chi connectivity index (χ0) is 11.6. The molecule has 2 nitrogen and oxygen atoms in total. The Bertz CT molecular complexity index is 197. The van der Waals surface area contributed by atoms with Crippen LogP contribution in [0.4, 0.5) is 13.2 Å². The molecule has 1 heterocycles. The van der Waals surface area contributed by atoms with E-state index in [-0.39, 0.29) is 6.54 Å². The largest absolute Gasteiger partial charge is 0.415 e. The number of nitrogens with zero attached hydrogens (tertiary/aromatic N) is 1. The van der Waals surface area contributed by atoms with Crippen LogP contribution in [0.25, 0.3) is 0 Å². The molecule has 1 rings (SSSR count). The summed E-state index contributed by atoms with van der Waals surface area (Å²) in [4.78, 5) is 1.71. The van der Waals surface area contributed by atoms with Crippen molar-refractivity contribution in [3.05, 3.63) is 0 Å². The van der Waals surface area contributed by atoms with Gasteiger partial charge in [0.2, 0.25) is 0 Å². The average Bonchev–Trinajstić information content (AvgIpc) is 1.99. The van der Waals surface area contributed by atoms with Gasteiger partial charge in [-0.15, -0.1) is 0 Å². The van der Waals surface area contributed by atoms with E-state index < -0.39 is 12.3 Å². The third-order valence-corrected chi connectivity index (χ3v) is 2.75. The summed E-state index contributed by atoms with van der Waals surface area (Å²) in [6.07, 6.45) is -5.65. The molecule has 0 aromatic rings. The Kier molecular flexibility index (Phi) is 4.00. The lowest BCUT2D eigenvalue weighted by atomic mass is 9.92. The zero-order valence-electron chi connectivity index (χ0n) is 9.09. The maximum atomic E-state index is 12.1. The number of hydrogen-bond acceptors (Lipinski definition) is 2. The van der Waals surface area contributed by atoms with Crippen molar-refractivity contribution in [2.45, 2.75) is 32.5 Å². The molecule has 1 aliphatic rings. The van der Waals surface area contributed by atoms with E-state index in [1.54, 1.807) is 4.90 Å². The van der Waals surface area contributed by atoms with Gasteiger partial charge in [0.05, 0.1) is 0 Å². The van der Waals surface area contributed by atoms with Gasteiger partial charge < -0.3 is 5.11 Å². The van der Waals surface area contributed by atoms with Crippen LogP contribution in [-0.4, -0.2) is 41.9 Å². The molecular formula is C10H18F3NO. The first-order valence-electron chi connectivity index (χ1n) is 5.26. The van der Waals surface area contributed by atoms with E-state index in [9.17, 15) is 13.2 Å². The van der Waals surface area contributed by atoms with Gasteiger partial charge >= 0.3 is 6.18 Å². The lowest BCUT2D eigenvalue weighted by molar-refractivity contribution is -0.209. The fraction of sp³-hybridized carbons (Fsp3) is 1.00. The minimum atomic E-state index is -4.50. The lowest BCUT2D eigenvalue weighted by Gasteiger charge is -2.36. The highest BCUT2D eigenvalue weighted by Crippen LogP contribution is 2.25. The molecule has 0 aliphatic carbocycles. The molecule has 5 heteroatoms. The van der Waals surface area contributed by atoms with Crippen LogP contribution in [0.2, 0.25) is 0 Å². The predicted octanol–water partition coefficient (Wildman–Crippen LogP) is 1.89. The fourth-order valence-electron chi connectivity index (χ4n) is 2.29. The SMILES string of the molecule is CC1CC(C)CN(CC(O)C(F)(F)F)C1. The van der Waals surface area contributed by atoms with Gasteiger partial charge in [-0.25, -0.2) is 0 Å². The number of halogens is 3. The Labute approximate surface area is 88.1 Å². The minimum Gasteiger partial charge on any atom is -0.382 e. The van der Waals surface area contributed by atoms with Crippen molar-refractivity contribution >= 4 is 0 Å². The van der Waals surface area contributed by atoms with Crippen molar-refractivity contribution in [2.24, 2.45) is 11.8 Å². The molecular weight excluding hydrogens is 207 g/mol. The summed E-state index contributed by atoms with van der Waals surface area (Å²) in [6, 6.07) is 0. The molecule has 0 saturated carbocycles. The normalized spacial score (nSPS) is 31.6. The van der Waals surface area contributed by atoms with E-state index in [1.807, 2.05) is 13.8 Å². The number of alkyl halides is 3. The smallest absolute Gasteiger partial charge is 0.382 e. The molecule has 0 spiro atoms. The monoisotopic (exact) mass is 225 g/mol. The Balaban J connectivity index is 2.44. The fourth-order valence-corrected chi connectivity index (χ4v) is 2.29. The molecule has 1 N–H and O–H groups in total.